The summed E-state index contributed by atoms with van der Waals surface area (Å²) in [5.74, 6) is 0.559. The van der Waals surface area contributed by atoms with Gasteiger partial charge in [-0.25, -0.2) is 0 Å². The van der Waals surface area contributed by atoms with Gasteiger partial charge in [0.05, 0.1) is 0 Å². The summed E-state index contributed by atoms with van der Waals surface area (Å²) in [6.45, 7) is 5.96. The van der Waals surface area contributed by atoms with Crippen molar-refractivity contribution in [1.82, 2.24) is 0 Å². The minimum absolute atomic E-state index is 0.0282. The quantitative estimate of drug-likeness (QED) is 0.847. The smallest absolute Gasteiger partial charge is 0.262 e. The Kier molecular flexibility index (Phi) is 4.48. The van der Waals surface area contributed by atoms with Gasteiger partial charge < -0.3 is 15.8 Å². The minimum atomic E-state index is -0.208. The molecular formula is C17H20N2O2. The van der Waals surface area contributed by atoms with Crippen LogP contribution in [-0.2, 0) is 4.79 Å². The SMILES string of the molecule is Cc1cc(C)c(OCC(=O)Nc2cccc(N)c2)c(C)c1. The van der Waals surface area contributed by atoms with Crippen molar-refractivity contribution >= 4 is 17.3 Å². The molecule has 1 amide bonds. The van der Waals surface area contributed by atoms with E-state index in [1.807, 2.05) is 32.9 Å². The van der Waals surface area contributed by atoms with Gasteiger partial charge in [-0.2, -0.15) is 0 Å². The molecule has 0 bridgehead atoms. The number of nitrogens with two attached hydrogens (primary N) is 1. The fourth-order valence-corrected chi connectivity index (χ4v) is 2.35. The van der Waals surface area contributed by atoms with E-state index < -0.39 is 0 Å². The van der Waals surface area contributed by atoms with Crippen LogP contribution >= 0.6 is 0 Å². The zero-order valence-electron chi connectivity index (χ0n) is 12.6. The third kappa shape index (κ3) is 3.99. The van der Waals surface area contributed by atoms with E-state index in [9.17, 15) is 4.79 Å². The van der Waals surface area contributed by atoms with Gasteiger partial charge in [-0.3, -0.25) is 4.79 Å². The third-order valence-corrected chi connectivity index (χ3v) is 3.12. The van der Waals surface area contributed by atoms with Crippen LogP contribution < -0.4 is 15.8 Å². The summed E-state index contributed by atoms with van der Waals surface area (Å²) in [6.07, 6.45) is 0. The van der Waals surface area contributed by atoms with Crippen molar-refractivity contribution in [3.8, 4) is 5.75 Å². The van der Waals surface area contributed by atoms with E-state index in [4.69, 9.17) is 10.5 Å². The van der Waals surface area contributed by atoms with Crippen LogP contribution in [0.5, 0.6) is 5.75 Å². The molecular weight excluding hydrogens is 264 g/mol. The lowest BCUT2D eigenvalue weighted by molar-refractivity contribution is -0.118. The highest BCUT2D eigenvalue weighted by molar-refractivity contribution is 5.92. The van der Waals surface area contributed by atoms with Crippen molar-refractivity contribution in [1.29, 1.82) is 0 Å². The topological polar surface area (TPSA) is 64.3 Å². The van der Waals surface area contributed by atoms with Crippen LogP contribution in [0.1, 0.15) is 16.7 Å². The van der Waals surface area contributed by atoms with E-state index in [2.05, 4.69) is 5.32 Å². The highest BCUT2D eigenvalue weighted by Crippen LogP contribution is 2.24. The first-order valence-corrected chi connectivity index (χ1v) is 6.82. The van der Waals surface area contributed by atoms with Gasteiger partial charge in [0.15, 0.2) is 6.61 Å². The predicted molar refractivity (Wildman–Crippen MR) is 85.6 cm³/mol. The average molecular weight is 284 g/mol. The van der Waals surface area contributed by atoms with Gasteiger partial charge in [-0.15, -0.1) is 0 Å². The van der Waals surface area contributed by atoms with Gasteiger partial charge in [-0.1, -0.05) is 23.8 Å². The van der Waals surface area contributed by atoms with Gasteiger partial charge >= 0.3 is 0 Å². The maximum absolute atomic E-state index is 11.9. The molecule has 4 nitrogen and oxygen atoms in total. The molecule has 3 N–H and O–H groups in total. The maximum atomic E-state index is 11.9. The molecule has 0 radical (unpaired) electrons. The zero-order valence-corrected chi connectivity index (χ0v) is 12.6. The number of anilines is 2. The normalized spacial score (nSPS) is 10.2. The van der Waals surface area contributed by atoms with Crippen molar-refractivity contribution in [2.24, 2.45) is 0 Å². The second kappa shape index (κ2) is 6.31. The number of nitrogens with one attached hydrogen (secondary N) is 1. The lowest BCUT2D eigenvalue weighted by atomic mass is 10.1. The summed E-state index contributed by atoms with van der Waals surface area (Å²) in [5.41, 5.74) is 10.2. The van der Waals surface area contributed by atoms with Crippen LogP contribution in [0.25, 0.3) is 0 Å². The minimum Gasteiger partial charge on any atom is -0.483 e. The van der Waals surface area contributed by atoms with Crippen molar-refractivity contribution in [2.75, 3.05) is 17.7 Å². The fraction of sp³-hybridized carbons (Fsp3) is 0.235. The number of carbonyl (C=O) groups is 1. The Balaban J connectivity index is 1.99. The van der Waals surface area contributed by atoms with E-state index in [1.165, 1.54) is 5.56 Å². The molecule has 2 rings (SSSR count). The molecule has 0 atom stereocenters. The van der Waals surface area contributed by atoms with E-state index >= 15 is 0 Å². The number of rotatable bonds is 4. The van der Waals surface area contributed by atoms with E-state index in [0.29, 0.717) is 11.4 Å². The van der Waals surface area contributed by atoms with Crippen molar-refractivity contribution in [3.63, 3.8) is 0 Å². The van der Waals surface area contributed by atoms with E-state index in [1.54, 1.807) is 24.3 Å². The van der Waals surface area contributed by atoms with Crippen LogP contribution in [0.4, 0.5) is 11.4 Å². The Bertz CT molecular complexity index is 643. The number of amides is 1. The van der Waals surface area contributed by atoms with Gasteiger partial charge in [-0.05, 0) is 50.1 Å². The summed E-state index contributed by atoms with van der Waals surface area (Å²) < 4.78 is 5.64. The molecule has 110 valence electrons. The molecule has 2 aromatic carbocycles. The summed E-state index contributed by atoms with van der Waals surface area (Å²) in [4.78, 5) is 11.9. The molecule has 0 unspecified atom stereocenters. The number of benzene rings is 2. The first-order chi connectivity index (χ1) is 9.95. The van der Waals surface area contributed by atoms with Crippen LogP contribution in [0.15, 0.2) is 36.4 Å². The zero-order chi connectivity index (χ0) is 15.4. The molecule has 21 heavy (non-hydrogen) atoms. The largest absolute Gasteiger partial charge is 0.483 e. The van der Waals surface area contributed by atoms with Gasteiger partial charge in [0.2, 0.25) is 0 Å². The first kappa shape index (κ1) is 14.9. The summed E-state index contributed by atoms with van der Waals surface area (Å²) in [6, 6.07) is 11.1. The molecule has 0 saturated carbocycles. The Morgan fingerprint density at radius 1 is 1.14 bits per heavy atom. The average Bonchev–Trinajstić information content (AvgIpc) is 2.37. The standard InChI is InChI=1S/C17H20N2O2/c1-11-7-12(2)17(13(3)8-11)21-10-16(20)19-15-6-4-5-14(18)9-15/h4-9H,10,18H2,1-3H3,(H,19,20). The highest BCUT2D eigenvalue weighted by atomic mass is 16.5. The van der Waals surface area contributed by atoms with Crippen molar-refractivity contribution in [2.45, 2.75) is 20.8 Å². The number of hydrogen-bond acceptors (Lipinski definition) is 3. The Labute approximate surface area is 124 Å². The Morgan fingerprint density at radius 3 is 2.43 bits per heavy atom. The first-order valence-electron chi connectivity index (χ1n) is 6.82. The van der Waals surface area contributed by atoms with Gasteiger partial charge in [0.1, 0.15) is 5.75 Å². The lowest BCUT2D eigenvalue weighted by Crippen LogP contribution is -2.20. The van der Waals surface area contributed by atoms with Crippen LogP contribution in [0.2, 0.25) is 0 Å². The molecule has 0 aliphatic heterocycles. The van der Waals surface area contributed by atoms with Crippen molar-refractivity contribution < 1.29 is 9.53 Å². The molecule has 0 heterocycles. The number of nitrogen functional groups attached to an aromatic ring is 1. The van der Waals surface area contributed by atoms with E-state index in [-0.39, 0.29) is 12.5 Å². The Morgan fingerprint density at radius 2 is 1.81 bits per heavy atom. The molecule has 2 aromatic rings. The number of aryl methyl sites for hydroxylation is 3. The van der Waals surface area contributed by atoms with Gasteiger partial charge in [0, 0.05) is 11.4 Å². The molecule has 0 aliphatic carbocycles. The Hall–Kier alpha value is -2.49. The predicted octanol–water partition coefficient (Wildman–Crippen LogP) is 3.21. The van der Waals surface area contributed by atoms with Crippen LogP contribution in [-0.4, -0.2) is 12.5 Å². The third-order valence-electron chi connectivity index (χ3n) is 3.12. The summed E-state index contributed by atoms with van der Waals surface area (Å²) in [7, 11) is 0. The molecule has 0 saturated heterocycles. The molecule has 0 spiro atoms. The van der Waals surface area contributed by atoms with Crippen molar-refractivity contribution in [3.05, 3.63) is 53.1 Å². The number of carbonyl (C=O) groups excluding carboxylic acids is 1. The number of hydrogen-bond donors (Lipinski definition) is 2. The molecule has 0 fully saturated rings. The monoisotopic (exact) mass is 284 g/mol. The molecule has 4 heteroatoms. The molecule has 0 aliphatic rings. The van der Waals surface area contributed by atoms with Crippen LogP contribution in [0, 0.1) is 20.8 Å². The second-order valence-corrected chi connectivity index (χ2v) is 5.19. The van der Waals surface area contributed by atoms with Gasteiger partial charge in [0.25, 0.3) is 5.91 Å². The summed E-state index contributed by atoms with van der Waals surface area (Å²) in [5, 5.41) is 2.76. The lowest BCUT2D eigenvalue weighted by Gasteiger charge is -2.13. The number of ether oxygens (including phenoxy) is 1. The maximum Gasteiger partial charge on any atom is 0.262 e. The second-order valence-electron chi connectivity index (χ2n) is 5.19. The molecule has 0 aromatic heterocycles. The van der Waals surface area contributed by atoms with Crippen LogP contribution in [0.3, 0.4) is 0 Å². The highest BCUT2D eigenvalue weighted by Gasteiger charge is 2.08. The fourth-order valence-electron chi connectivity index (χ4n) is 2.35. The van der Waals surface area contributed by atoms with E-state index in [0.717, 1.165) is 16.9 Å². The summed E-state index contributed by atoms with van der Waals surface area (Å²) >= 11 is 0.